The molecule has 6 aromatic rings. The van der Waals surface area contributed by atoms with Crippen molar-refractivity contribution in [3.8, 4) is 0 Å². The van der Waals surface area contributed by atoms with Gasteiger partial charge in [0.15, 0.2) is 0 Å². The van der Waals surface area contributed by atoms with Gasteiger partial charge in [0.05, 0.1) is 49.8 Å². The van der Waals surface area contributed by atoms with Gasteiger partial charge in [-0.2, -0.15) is 0 Å². The van der Waals surface area contributed by atoms with Crippen LogP contribution in [0.4, 0.5) is 0 Å². The highest BCUT2D eigenvalue weighted by atomic mass is 35.5. The summed E-state index contributed by atoms with van der Waals surface area (Å²) in [5.74, 6) is -0.792. The molecule has 0 spiro atoms. The van der Waals surface area contributed by atoms with Crippen LogP contribution in [-0.4, -0.2) is 33.4 Å². The number of hydrogen-bond acceptors (Lipinski definition) is 3. The highest BCUT2D eigenvalue weighted by molar-refractivity contribution is 6.43. The Morgan fingerprint density at radius 1 is 0.667 bits per heavy atom. The number of halogens is 2. The molecule has 0 radical (unpaired) electrons. The zero-order valence-corrected chi connectivity index (χ0v) is 20.2. The Hall–Kier alpha value is -3.84. The van der Waals surface area contributed by atoms with E-state index >= 15 is 0 Å². The summed E-state index contributed by atoms with van der Waals surface area (Å²) < 4.78 is 5.80. The number of nitrogens with one attached hydrogen (secondary N) is 2. The van der Waals surface area contributed by atoms with Gasteiger partial charge in [0.2, 0.25) is 0 Å². The van der Waals surface area contributed by atoms with E-state index < -0.39 is 11.8 Å². The molecule has 176 valence electrons. The van der Waals surface area contributed by atoms with Gasteiger partial charge in [-0.1, -0.05) is 77.8 Å². The molecule has 1 aliphatic heterocycles. The molecular formula is C28H17Cl2N3O3. The molecule has 0 bridgehead atoms. The maximum absolute atomic E-state index is 13.8. The lowest BCUT2D eigenvalue weighted by molar-refractivity contribution is 0.0206. The first-order valence-electron chi connectivity index (χ1n) is 11.4. The van der Waals surface area contributed by atoms with Crippen LogP contribution in [0.25, 0.3) is 43.6 Å². The fourth-order valence-corrected chi connectivity index (χ4v) is 5.69. The van der Waals surface area contributed by atoms with E-state index in [1.165, 1.54) is 4.90 Å². The van der Waals surface area contributed by atoms with Gasteiger partial charge in [-0.25, -0.2) is 4.90 Å². The maximum atomic E-state index is 13.8. The van der Waals surface area contributed by atoms with E-state index in [0.29, 0.717) is 54.0 Å². The summed E-state index contributed by atoms with van der Waals surface area (Å²) in [5, 5.41) is 3.91. The Kier molecular flexibility index (Phi) is 4.66. The number of aromatic amines is 2. The van der Waals surface area contributed by atoms with Crippen molar-refractivity contribution in [3.63, 3.8) is 0 Å². The third-order valence-electron chi connectivity index (χ3n) is 6.82. The van der Waals surface area contributed by atoms with Crippen molar-refractivity contribution in [1.82, 2.24) is 14.9 Å². The van der Waals surface area contributed by atoms with Gasteiger partial charge in [-0.05, 0) is 17.7 Å². The van der Waals surface area contributed by atoms with Crippen LogP contribution in [0.3, 0.4) is 0 Å². The monoisotopic (exact) mass is 513 g/mol. The normalized spacial score (nSPS) is 13.7. The van der Waals surface area contributed by atoms with Crippen LogP contribution in [-0.2, 0) is 11.3 Å². The lowest BCUT2D eigenvalue weighted by Gasteiger charge is -2.14. The first-order chi connectivity index (χ1) is 17.5. The van der Waals surface area contributed by atoms with Crippen molar-refractivity contribution in [2.24, 2.45) is 0 Å². The van der Waals surface area contributed by atoms with Crippen LogP contribution in [0.15, 0.2) is 66.7 Å². The third-order valence-corrected chi connectivity index (χ3v) is 7.45. The molecule has 0 saturated heterocycles. The molecular weight excluding hydrogens is 497 g/mol. The third kappa shape index (κ3) is 2.89. The Balaban J connectivity index is 1.48. The summed E-state index contributed by atoms with van der Waals surface area (Å²) in [4.78, 5) is 35.6. The number of amides is 2. The SMILES string of the molecule is O=C1c2c(c3c4cccc(Cl)c4[nH]c3c3[nH]c4c(Cl)cccc4c23)C(=O)N1COCc1ccccc1. The average Bonchev–Trinajstić information content (AvgIpc) is 3.53. The Morgan fingerprint density at radius 2 is 1.19 bits per heavy atom. The predicted octanol–water partition coefficient (Wildman–Crippen LogP) is 7.03. The van der Waals surface area contributed by atoms with Crippen LogP contribution in [0.1, 0.15) is 26.3 Å². The van der Waals surface area contributed by atoms with E-state index in [4.69, 9.17) is 27.9 Å². The van der Waals surface area contributed by atoms with Crippen molar-refractivity contribution in [1.29, 1.82) is 0 Å². The number of benzene rings is 4. The molecule has 0 saturated carbocycles. The van der Waals surface area contributed by atoms with Crippen molar-refractivity contribution in [3.05, 3.63) is 93.5 Å². The number of carbonyl (C=O) groups excluding carboxylic acids is 2. The summed E-state index contributed by atoms with van der Waals surface area (Å²) in [5.41, 5.74) is 4.46. The molecule has 2 aromatic heterocycles. The zero-order chi connectivity index (χ0) is 24.6. The van der Waals surface area contributed by atoms with Gasteiger partial charge < -0.3 is 14.7 Å². The molecule has 3 heterocycles. The first-order valence-corrected chi connectivity index (χ1v) is 12.1. The van der Waals surface area contributed by atoms with Gasteiger partial charge in [-0.3, -0.25) is 9.59 Å². The maximum Gasteiger partial charge on any atom is 0.264 e. The van der Waals surface area contributed by atoms with Gasteiger partial charge in [0.1, 0.15) is 6.73 Å². The van der Waals surface area contributed by atoms with Gasteiger partial charge in [0.25, 0.3) is 11.8 Å². The molecule has 0 unspecified atom stereocenters. The van der Waals surface area contributed by atoms with E-state index in [0.717, 1.165) is 16.3 Å². The number of rotatable bonds is 4. The Bertz CT molecular complexity index is 1770. The number of imide groups is 1. The second-order valence-electron chi connectivity index (χ2n) is 8.83. The lowest BCUT2D eigenvalue weighted by Crippen LogP contribution is -2.32. The molecule has 2 N–H and O–H groups in total. The minimum atomic E-state index is -0.396. The van der Waals surface area contributed by atoms with Crippen LogP contribution in [0.5, 0.6) is 0 Å². The summed E-state index contributed by atoms with van der Waals surface area (Å²) in [6.45, 7) is 0.126. The van der Waals surface area contributed by atoms with Crippen LogP contribution < -0.4 is 0 Å². The number of ether oxygens (including phenoxy) is 1. The fourth-order valence-electron chi connectivity index (χ4n) is 5.24. The first kappa shape index (κ1) is 21.4. The largest absolute Gasteiger partial charge is 0.356 e. The van der Waals surface area contributed by atoms with Crippen LogP contribution in [0.2, 0.25) is 10.0 Å². The fraction of sp³-hybridized carbons (Fsp3) is 0.0714. The van der Waals surface area contributed by atoms with Crippen LogP contribution in [0, 0.1) is 0 Å². The smallest absolute Gasteiger partial charge is 0.264 e. The van der Waals surface area contributed by atoms with Gasteiger partial charge in [-0.15, -0.1) is 0 Å². The Morgan fingerprint density at radius 3 is 1.72 bits per heavy atom. The van der Waals surface area contributed by atoms with E-state index in [9.17, 15) is 9.59 Å². The molecule has 7 rings (SSSR count). The number of para-hydroxylation sites is 2. The van der Waals surface area contributed by atoms with E-state index in [-0.39, 0.29) is 13.3 Å². The molecule has 4 aromatic carbocycles. The summed E-state index contributed by atoms with van der Waals surface area (Å²) >= 11 is 13.0. The molecule has 36 heavy (non-hydrogen) atoms. The van der Waals surface area contributed by atoms with E-state index in [1.807, 2.05) is 54.6 Å². The van der Waals surface area contributed by atoms with Gasteiger partial charge >= 0.3 is 0 Å². The van der Waals surface area contributed by atoms with Crippen molar-refractivity contribution in [2.75, 3.05) is 6.73 Å². The predicted molar refractivity (Wildman–Crippen MR) is 142 cm³/mol. The number of hydrogen-bond donors (Lipinski definition) is 2. The second kappa shape index (κ2) is 7.83. The number of H-pyrrole nitrogens is 2. The number of carbonyl (C=O) groups is 2. The second-order valence-corrected chi connectivity index (χ2v) is 9.64. The Labute approximate surface area is 214 Å². The van der Waals surface area contributed by atoms with Crippen molar-refractivity contribution < 1.29 is 14.3 Å². The molecule has 0 fully saturated rings. The topological polar surface area (TPSA) is 78.2 Å². The quantitative estimate of drug-likeness (QED) is 0.248. The molecule has 0 aliphatic carbocycles. The standard InChI is InChI=1S/C28H17Cl2N3O3/c29-17-10-4-8-15-19-21-22(28(35)33(27(21)34)13-36-12-14-6-2-1-3-7-14)20-16-9-5-11-18(30)24(16)32-26(20)25(19)31-23(15)17/h1-11,31-32H,12-13H2. The van der Waals surface area contributed by atoms with Crippen LogP contribution >= 0.6 is 23.2 Å². The molecule has 2 amide bonds. The van der Waals surface area contributed by atoms with Crippen molar-refractivity contribution in [2.45, 2.75) is 6.61 Å². The molecule has 1 aliphatic rings. The summed E-state index contributed by atoms with van der Waals surface area (Å²) in [6.07, 6.45) is 0. The van der Waals surface area contributed by atoms with E-state index in [2.05, 4.69) is 9.97 Å². The van der Waals surface area contributed by atoms with E-state index in [1.54, 1.807) is 12.1 Å². The summed E-state index contributed by atoms with van der Waals surface area (Å²) in [7, 11) is 0. The highest BCUT2D eigenvalue weighted by Gasteiger charge is 2.41. The van der Waals surface area contributed by atoms with Crippen molar-refractivity contribution >= 4 is 78.6 Å². The lowest BCUT2D eigenvalue weighted by atomic mass is 9.97. The van der Waals surface area contributed by atoms with Gasteiger partial charge in [0, 0.05) is 21.5 Å². The molecule has 0 atom stereocenters. The summed E-state index contributed by atoms with van der Waals surface area (Å²) in [6, 6.07) is 20.6. The number of aromatic nitrogens is 2. The minimum Gasteiger partial charge on any atom is -0.356 e. The highest BCUT2D eigenvalue weighted by Crippen LogP contribution is 2.45. The number of fused-ring (bicyclic) bond motifs is 10. The molecule has 6 nitrogen and oxygen atoms in total. The minimum absolute atomic E-state index is 0.156. The number of nitrogens with zero attached hydrogens (tertiary/aromatic N) is 1. The average molecular weight is 514 g/mol. The molecule has 8 heteroatoms. The zero-order valence-electron chi connectivity index (χ0n) is 18.7.